The highest BCUT2D eigenvalue weighted by atomic mass is 32.2. The molecule has 1 aromatic heterocycles. The first kappa shape index (κ1) is 20.8. The molecule has 1 aliphatic rings. The Hall–Kier alpha value is -2.90. The molecule has 1 fully saturated rings. The third kappa shape index (κ3) is 4.58. The molecule has 2 heterocycles. The highest BCUT2D eigenvalue weighted by molar-refractivity contribution is 7.89. The number of benzene rings is 1. The van der Waals surface area contributed by atoms with Gasteiger partial charge in [0.25, 0.3) is 5.91 Å². The molecule has 3 rings (SSSR count). The standard InChI is InChI=1S/C16H17N5O6S2/c1-2-27-16(24)13-15(28-20-19-13)18-14(23)10-4-3-5-11(8-10)29(25,26)21-7-6-17-12(22)9-21/h3-5,8H,2,6-7,9H2,1H3,(H,17,22)(H,18,23). The first-order valence-corrected chi connectivity index (χ1v) is 10.7. The van der Waals surface area contributed by atoms with Gasteiger partial charge in [0.2, 0.25) is 21.6 Å². The van der Waals surface area contributed by atoms with Crippen LogP contribution < -0.4 is 10.6 Å². The summed E-state index contributed by atoms with van der Waals surface area (Å²) < 4.78 is 35.1. The van der Waals surface area contributed by atoms with Gasteiger partial charge in [-0.25, -0.2) is 13.2 Å². The van der Waals surface area contributed by atoms with Crippen LogP contribution in [0.5, 0.6) is 0 Å². The lowest BCUT2D eigenvalue weighted by Crippen LogP contribution is -2.49. The third-order valence-electron chi connectivity index (χ3n) is 3.92. The molecule has 0 saturated carbocycles. The number of sulfonamides is 1. The maximum atomic E-state index is 12.8. The predicted octanol–water partition coefficient (Wildman–Crippen LogP) is 0.0876. The Kier molecular flexibility index (Phi) is 6.20. The maximum absolute atomic E-state index is 12.8. The lowest BCUT2D eigenvalue weighted by Gasteiger charge is -2.26. The summed E-state index contributed by atoms with van der Waals surface area (Å²) in [4.78, 5) is 35.8. The van der Waals surface area contributed by atoms with Crippen LogP contribution in [0.4, 0.5) is 5.00 Å². The summed E-state index contributed by atoms with van der Waals surface area (Å²) in [5.74, 6) is -1.76. The average Bonchev–Trinajstić information content (AvgIpc) is 3.16. The zero-order chi connectivity index (χ0) is 21.0. The van der Waals surface area contributed by atoms with Gasteiger partial charge in [-0.1, -0.05) is 10.6 Å². The van der Waals surface area contributed by atoms with Crippen molar-refractivity contribution in [1.82, 2.24) is 19.2 Å². The van der Waals surface area contributed by atoms with Crippen LogP contribution in [0.2, 0.25) is 0 Å². The second-order valence-corrected chi connectivity index (χ2v) is 8.53. The minimum Gasteiger partial charge on any atom is -0.461 e. The van der Waals surface area contributed by atoms with E-state index in [0.717, 1.165) is 15.8 Å². The number of hydrogen-bond donors (Lipinski definition) is 2. The van der Waals surface area contributed by atoms with E-state index in [1.54, 1.807) is 6.92 Å². The van der Waals surface area contributed by atoms with Crippen molar-refractivity contribution in [2.45, 2.75) is 11.8 Å². The van der Waals surface area contributed by atoms with Crippen LogP contribution in [-0.4, -0.2) is 66.3 Å². The minimum atomic E-state index is -3.95. The molecule has 0 unspecified atom stereocenters. The Morgan fingerprint density at radius 1 is 1.38 bits per heavy atom. The van der Waals surface area contributed by atoms with E-state index in [1.807, 2.05) is 0 Å². The third-order valence-corrected chi connectivity index (χ3v) is 6.40. The minimum absolute atomic E-state index is 0.0516. The van der Waals surface area contributed by atoms with Crippen LogP contribution in [-0.2, 0) is 19.6 Å². The highest BCUT2D eigenvalue weighted by Crippen LogP contribution is 2.22. The van der Waals surface area contributed by atoms with Crippen molar-refractivity contribution in [3.05, 3.63) is 35.5 Å². The molecule has 11 nitrogen and oxygen atoms in total. The van der Waals surface area contributed by atoms with E-state index in [1.165, 1.54) is 24.3 Å². The largest absolute Gasteiger partial charge is 0.461 e. The maximum Gasteiger partial charge on any atom is 0.362 e. The number of nitrogens with one attached hydrogen (secondary N) is 2. The summed E-state index contributed by atoms with van der Waals surface area (Å²) >= 11 is 0.795. The van der Waals surface area contributed by atoms with Crippen LogP contribution in [0.1, 0.15) is 27.8 Å². The number of aromatic nitrogens is 2. The van der Waals surface area contributed by atoms with E-state index in [9.17, 15) is 22.8 Å². The Bertz CT molecular complexity index is 1050. The molecule has 13 heteroatoms. The van der Waals surface area contributed by atoms with Gasteiger partial charge in [-0.3, -0.25) is 9.59 Å². The topological polar surface area (TPSA) is 148 Å². The van der Waals surface area contributed by atoms with Gasteiger partial charge in [-0.15, -0.1) is 5.10 Å². The number of nitrogens with zero attached hydrogens (tertiary/aromatic N) is 3. The van der Waals surface area contributed by atoms with Gasteiger partial charge >= 0.3 is 5.97 Å². The number of piperazine rings is 1. The highest BCUT2D eigenvalue weighted by Gasteiger charge is 2.29. The molecule has 2 aromatic rings. The molecule has 1 saturated heterocycles. The molecular weight excluding hydrogens is 422 g/mol. The Labute approximate surface area is 170 Å². The molecule has 1 aliphatic heterocycles. The van der Waals surface area contributed by atoms with Gasteiger partial charge < -0.3 is 15.4 Å². The van der Waals surface area contributed by atoms with Crippen molar-refractivity contribution in [1.29, 1.82) is 0 Å². The van der Waals surface area contributed by atoms with Crippen molar-refractivity contribution in [2.75, 3.05) is 31.6 Å². The molecule has 2 N–H and O–H groups in total. The van der Waals surface area contributed by atoms with Crippen LogP contribution in [0, 0.1) is 0 Å². The lowest BCUT2D eigenvalue weighted by atomic mass is 10.2. The average molecular weight is 439 g/mol. The molecule has 0 atom stereocenters. The Morgan fingerprint density at radius 2 is 2.17 bits per heavy atom. The fraction of sp³-hybridized carbons (Fsp3) is 0.312. The van der Waals surface area contributed by atoms with E-state index >= 15 is 0 Å². The van der Waals surface area contributed by atoms with Gasteiger partial charge in [-0.2, -0.15) is 4.31 Å². The van der Waals surface area contributed by atoms with E-state index in [4.69, 9.17) is 4.74 Å². The van der Waals surface area contributed by atoms with Crippen molar-refractivity contribution >= 4 is 44.3 Å². The molecule has 0 spiro atoms. The number of esters is 1. The van der Waals surface area contributed by atoms with Gasteiger partial charge in [-0.05, 0) is 25.1 Å². The predicted molar refractivity (Wildman–Crippen MR) is 102 cm³/mol. The normalized spacial score (nSPS) is 14.9. The lowest BCUT2D eigenvalue weighted by molar-refractivity contribution is -0.122. The molecule has 1 aromatic carbocycles. The smallest absolute Gasteiger partial charge is 0.362 e. The summed E-state index contributed by atoms with van der Waals surface area (Å²) in [6.45, 7) is 1.84. The number of ether oxygens (including phenoxy) is 1. The summed E-state index contributed by atoms with van der Waals surface area (Å²) in [5.41, 5.74) is -0.0796. The fourth-order valence-corrected chi connectivity index (χ4v) is 4.54. The van der Waals surface area contributed by atoms with Crippen molar-refractivity contribution in [2.24, 2.45) is 0 Å². The van der Waals surface area contributed by atoms with E-state index < -0.39 is 27.8 Å². The van der Waals surface area contributed by atoms with Crippen LogP contribution >= 0.6 is 11.5 Å². The molecule has 154 valence electrons. The molecule has 2 amide bonds. The molecule has 0 radical (unpaired) electrons. The second kappa shape index (κ2) is 8.63. The van der Waals surface area contributed by atoms with Crippen LogP contribution in [0.15, 0.2) is 29.2 Å². The second-order valence-electron chi connectivity index (χ2n) is 5.84. The Morgan fingerprint density at radius 3 is 2.90 bits per heavy atom. The van der Waals surface area contributed by atoms with Crippen LogP contribution in [0.3, 0.4) is 0 Å². The summed E-state index contributed by atoms with van der Waals surface area (Å²) in [5, 5.41) is 8.79. The number of rotatable bonds is 6. The summed E-state index contributed by atoms with van der Waals surface area (Å²) in [6.07, 6.45) is 0. The first-order chi connectivity index (χ1) is 13.8. The Balaban J connectivity index is 1.81. The number of amides is 2. The SMILES string of the molecule is CCOC(=O)c1nnsc1NC(=O)c1cccc(S(=O)(=O)N2CCNC(=O)C2)c1. The fourth-order valence-electron chi connectivity index (χ4n) is 2.55. The van der Waals surface area contributed by atoms with Gasteiger partial charge in [0.1, 0.15) is 0 Å². The quantitative estimate of drug-likeness (QED) is 0.602. The van der Waals surface area contributed by atoms with Crippen LogP contribution in [0.25, 0.3) is 0 Å². The van der Waals surface area contributed by atoms with Crippen molar-refractivity contribution in [3.63, 3.8) is 0 Å². The monoisotopic (exact) mass is 439 g/mol. The van der Waals surface area contributed by atoms with Gasteiger partial charge in [0.15, 0.2) is 5.00 Å². The zero-order valence-corrected chi connectivity index (χ0v) is 16.9. The van der Waals surface area contributed by atoms with E-state index in [0.29, 0.717) is 0 Å². The number of carbonyl (C=O) groups excluding carboxylic acids is 3. The van der Waals surface area contributed by atoms with Crippen molar-refractivity contribution < 1.29 is 27.5 Å². The zero-order valence-electron chi connectivity index (χ0n) is 15.2. The molecule has 0 aliphatic carbocycles. The van der Waals surface area contributed by atoms with Crippen molar-refractivity contribution in [3.8, 4) is 0 Å². The molecular formula is C16H17N5O6S2. The number of anilines is 1. The van der Waals surface area contributed by atoms with Gasteiger partial charge in [0, 0.05) is 30.2 Å². The number of hydrogen-bond acceptors (Lipinski definition) is 9. The first-order valence-electron chi connectivity index (χ1n) is 8.50. The van der Waals surface area contributed by atoms with E-state index in [-0.39, 0.29) is 47.4 Å². The van der Waals surface area contributed by atoms with E-state index in [2.05, 4.69) is 20.2 Å². The number of carbonyl (C=O) groups is 3. The molecule has 0 bridgehead atoms. The van der Waals surface area contributed by atoms with Gasteiger partial charge in [0.05, 0.1) is 18.0 Å². The molecule has 29 heavy (non-hydrogen) atoms. The summed E-state index contributed by atoms with van der Waals surface area (Å²) in [6, 6.07) is 5.39. The summed E-state index contributed by atoms with van der Waals surface area (Å²) in [7, 11) is -3.95.